The molecule has 5 rings (SSSR count). The number of anilines is 3. The molecule has 2 amide bonds. The highest BCUT2D eigenvalue weighted by molar-refractivity contribution is 5.96. The van der Waals surface area contributed by atoms with E-state index in [9.17, 15) is 18.4 Å². The maximum atomic E-state index is 14.5. The van der Waals surface area contributed by atoms with E-state index in [-0.39, 0.29) is 23.2 Å². The van der Waals surface area contributed by atoms with Crippen molar-refractivity contribution < 1.29 is 23.1 Å². The molecule has 9 heteroatoms. The molecule has 2 aliphatic rings. The largest absolute Gasteiger partial charge is 0.464 e. The van der Waals surface area contributed by atoms with Crippen LogP contribution in [0.15, 0.2) is 42.6 Å². The highest BCUT2D eigenvalue weighted by atomic mass is 19.3. The highest BCUT2D eigenvalue weighted by Crippen LogP contribution is 2.45. The van der Waals surface area contributed by atoms with Crippen molar-refractivity contribution in [2.45, 2.75) is 45.6 Å². The third-order valence-electron chi connectivity index (χ3n) is 7.63. The third-order valence-corrected chi connectivity index (χ3v) is 7.63. The third kappa shape index (κ3) is 4.70. The molecule has 0 saturated carbocycles. The van der Waals surface area contributed by atoms with Crippen LogP contribution in [-0.4, -0.2) is 49.6 Å². The zero-order valence-corrected chi connectivity index (χ0v) is 22.8. The quantitative estimate of drug-likeness (QED) is 0.342. The number of esters is 1. The molecule has 0 saturated heterocycles. The van der Waals surface area contributed by atoms with Crippen LogP contribution in [0.1, 0.15) is 65.4 Å². The van der Waals surface area contributed by atoms with Gasteiger partial charge in [-0.3, -0.25) is 4.90 Å². The predicted octanol–water partition coefficient (Wildman–Crippen LogP) is 6.68. The first-order valence-electron chi connectivity index (χ1n) is 13.0. The van der Waals surface area contributed by atoms with Gasteiger partial charge in [0.25, 0.3) is 6.43 Å². The van der Waals surface area contributed by atoms with Crippen LogP contribution in [0, 0.1) is 0 Å². The first-order chi connectivity index (χ1) is 18.6. The molecule has 1 aromatic heterocycles. The van der Waals surface area contributed by atoms with Crippen LogP contribution in [-0.2, 0) is 17.7 Å². The van der Waals surface area contributed by atoms with Crippen molar-refractivity contribution >= 4 is 29.1 Å². The standard InChI is InChI=1S/C30H32F2N4O3/c1-17(2)20-12-26-23(16-34(3)30(38)35(26)4)27(13-20)36-10-6-7-18-11-21(22(28(31)32)14-25(18)36)19-8-9-24(33-15-19)29(37)39-5/h8-9,11-15,17,28H,6-7,10,16H2,1-5H3. The van der Waals surface area contributed by atoms with Crippen molar-refractivity contribution in [3.63, 3.8) is 0 Å². The Hall–Kier alpha value is -4.01. The number of benzene rings is 2. The van der Waals surface area contributed by atoms with Gasteiger partial charge in [-0.05, 0) is 65.8 Å². The van der Waals surface area contributed by atoms with Gasteiger partial charge in [-0.15, -0.1) is 0 Å². The van der Waals surface area contributed by atoms with Gasteiger partial charge in [-0.25, -0.2) is 23.4 Å². The smallest absolute Gasteiger partial charge is 0.356 e. The number of halogens is 2. The summed E-state index contributed by atoms with van der Waals surface area (Å²) in [5, 5.41) is 0. The van der Waals surface area contributed by atoms with Gasteiger partial charge in [0.15, 0.2) is 0 Å². The van der Waals surface area contributed by atoms with Gasteiger partial charge in [0.2, 0.25) is 0 Å². The summed E-state index contributed by atoms with van der Waals surface area (Å²) in [6.45, 7) is 5.33. The average molecular weight is 535 g/mol. The highest BCUT2D eigenvalue weighted by Gasteiger charge is 2.32. The molecule has 0 fully saturated rings. The molecule has 0 radical (unpaired) electrons. The molecule has 3 aromatic rings. The van der Waals surface area contributed by atoms with E-state index < -0.39 is 12.4 Å². The number of rotatable bonds is 5. The minimum Gasteiger partial charge on any atom is -0.464 e. The number of ether oxygens (including phenoxy) is 1. The molecular formula is C30H32F2N4O3. The van der Waals surface area contributed by atoms with Crippen LogP contribution in [0.5, 0.6) is 0 Å². The number of hydrogen-bond acceptors (Lipinski definition) is 5. The number of methoxy groups -OCH3 is 1. The SMILES string of the molecule is COC(=O)c1ccc(-c2cc3c(cc2C(F)F)N(c2cc(C(C)C)cc4c2CN(C)C(=O)N4C)CCC3)cn1. The molecule has 0 N–H and O–H groups in total. The molecular weight excluding hydrogens is 502 g/mol. The lowest BCUT2D eigenvalue weighted by Crippen LogP contribution is -2.43. The lowest BCUT2D eigenvalue weighted by molar-refractivity contribution is 0.0594. The molecule has 2 aliphatic heterocycles. The molecule has 7 nitrogen and oxygen atoms in total. The lowest BCUT2D eigenvalue weighted by atomic mass is 9.90. The number of pyridine rings is 1. The number of carbonyl (C=O) groups excluding carboxylic acids is 2. The average Bonchev–Trinajstić information content (AvgIpc) is 2.94. The molecule has 0 spiro atoms. The minimum atomic E-state index is -2.71. The second-order valence-corrected chi connectivity index (χ2v) is 10.4. The van der Waals surface area contributed by atoms with Gasteiger partial charge in [-0.1, -0.05) is 19.9 Å². The molecule has 39 heavy (non-hydrogen) atoms. The number of carbonyl (C=O) groups is 2. The van der Waals surface area contributed by atoms with Crippen LogP contribution in [0.2, 0.25) is 0 Å². The monoisotopic (exact) mass is 534 g/mol. The van der Waals surface area contributed by atoms with Crippen LogP contribution in [0.25, 0.3) is 11.1 Å². The van der Waals surface area contributed by atoms with Gasteiger partial charge in [0.05, 0.1) is 19.3 Å². The number of aromatic nitrogens is 1. The van der Waals surface area contributed by atoms with Gasteiger partial charge in [-0.2, -0.15) is 0 Å². The Morgan fingerprint density at radius 1 is 1.05 bits per heavy atom. The van der Waals surface area contributed by atoms with Crippen molar-refractivity contribution in [3.05, 3.63) is 70.5 Å². The van der Waals surface area contributed by atoms with Crippen molar-refractivity contribution in [2.24, 2.45) is 0 Å². The maximum Gasteiger partial charge on any atom is 0.356 e. The Morgan fingerprint density at radius 3 is 2.44 bits per heavy atom. The zero-order chi connectivity index (χ0) is 28.0. The summed E-state index contributed by atoms with van der Waals surface area (Å²) < 4.78 is 33.7. The summed E-state index contributed by atoms with van der Waals surface area (Å²) in [5.74, 6) is -0.359. The van der Waals surface area contributed by atoms with Crippen molar-refractivity contribution in [1.82, 2.24) is 9.88 Å². The number of fused-ring (bicyclic) bond motifs is 2. The van der Waals surface area contributed by atoms with Gasteiger partial charge >= 0.3 is 12.0 Å². The minimum absolute atomic E-state index is 0.0788. The zero-order valence-electron chi connectivity index (χ0n) is 22.8. The Balaban J connectivity index is 1.65. The Labute approximate surface area is 227 Å². The van der Waals surface area contributed by atoms with Crippen molar-refractivity contribution in [3.8, 4) is 11.1 Å². The molecule has 3 heterocycles. The Morgan fingerprint density at radius 2 is 1.79 bits per heavy atom. The van der Waals surface area contributed by atoms with Gasteiger partial charge < -0.3 is 14.5 Å². The Bertz CT molecular complexity index is 1440. The summed E-state index contributed by atoms with van der Waals surface area (Å²) in [6, 6.07) is 10.7. The van der Waals surface area contributed by atoms with Crippen molar-refractivity contribution in [1.29, 1.82) is 0 Å². The van der Waals surface area contributed by atoms with Crippen LogP contribution in [0.3, 0.4) is 0 Å². The second kappa shape index (κ2) is 10.3. The summed E-state index contributed by atoms with van der Waals surface area (Å²) in [5.41, 5.74) is 6.55. The van der Waals surface area contributed by atoms with Gasteiger partial charge in [0.1, 0.15) is 5.69 Å². The van der Waals surface area contributed by atoms with E-state index in [0.717, 1.165) is 46.6 Å². The fourth-order valence-corrected chi connectivity index (χ4v) is 5.47. The van der Waals surface area contributed by atoms with E-state index in [1.165, 1.54) is 19.4 Å². The lowest BCUT2D eigenvalue weighted by Gasteiger charge is -2.39. The van der Waals surface area contributed by atoms with E-state index in [1.807, 2.05) is 6.07 Å². The van der Waals surface area contributed by atoms with E-state index in [4.69, 9.17) is 4.74 Å². The van der Waals surface area contributed by atoms with Crippen LogP contribution >= 0.6 is 0 Å². The van der Waals surface area contributed by atoms with Crippen LogP contribution in [0.4, 0.5) is 30.6 Å². The maximum absolute atomic E-state index is 14.5. The van der Waals surface area contributed by atoms with Crippen molar-refractivity contribution in [2.75, 3.05) is 37.5 Å². The van der Waals surface area contributed by atoms with Crippen LogP contribution < -0.4 is 9.80 Å². The summed E-state index contributed by atoms with van der Waals surface area (Å²) in [7, 11) is 4.81. The second-order valence-electron chi connectivity index (χ2n) is 10.4. The molecule has 0 aliphatic carbocycles. The molecule has 0 atom stereocenters. The number of nitrogens with zero attached hydrogens (tertiary/aromatic N) is 4. The normalized spacial score (nSPS) is 15.1. The summed E-state index contributed by atoms with van der Waals surface area (Å²) in [6.07, 6.45) is 0.331. The number of urea groups is 1. The van der Waals surface area contributed by atoms with E-state index in [1.54, 1.807) is 36.0 Å². The fourth-order valence-electron chi connectivity index (χ4n) is 5.47. The first-order valence-corrected chi connectivity index (χ1v) is 13.0. The number of aryl methyl sites for hydroxylation is 1. The summed E-state index contributed by atoms with van der Waals surface area (Å²) >= 11 is 0. The predicted molar refractivity (Wildman–Crippen MR) is 147 cm³/mol. The Kier molecular flexibility index (Phi) is 7.01. The van der Waals surface area contributed by atoms with E-state index in [2.05, 4.69) is 35.9 Å². The fraction of sp³-hybridized carbons (Fsp3) is 0.367. The number of hydrogen-bond donors (Lipinski definition) is 0. The molecule has 204 valence electrons. The van der Waals surface area contributed by atoms with E-state index >= 15 is 0 Å². The number of amides is 2. The number of alkyl halides is 2. The molecule has 0 bridgehead atoms. The molecule has 0 unspecified atom stereocenters. The first kappa shape index (κ1) is 26.6. The summed E-state index contributed by atoms with van der Waals surface area (Å²) in [4.78, 5) is 34.1. The molecule has 2 aromatic carbocycles. The topological polar surface area (TPSA) is 66.0 Å². The van der Waals surface area contributed by atoms with Gasteiger partial charge in [0, 0.05) is 54.9 Å². The van der Waals surface area contributed by atoms with E-state index in [0.29, 0.717) is 24.2 Å².